The van der Waals surface area contributed by atoms with Gasteiger partial charge in [0, 0.05) is 12.1 Å². The minimum absolute atomic E-state index is 0.00636. The van der Waals surface area contributed by atoms with Crippen molar-refractivity contribution < 1.29 is 27.5 Å². The highest BCUT2D eigenvalue weighted by Gasteiger charge is 2.33. The second-order valence-corrected chi connectivity index (χ2v) is 11.1. The van der Waals surface area contributed by atoms with E-state index in [0.29, 0.717) is 28.3 Å². The predicted octanol–water partition coefficient (Wildman–Crippen LogP) is 6.21. The van der Waals surface area contributed by atoms with Crippen LogP contribution in [0.1, 0.15) is 28.2 Å². The molecule has 0 radical (unpaired) electrons. The lowest BCUT2D eigenvalue weighted by Gasteiger charge is -2.21. The molecule has 45 heavy (non-hydrogen) atoms. The maximum atomic E-state index is 12.8. The largest absolute Gasteiger partial charge is 0.573 e. The fourth-order valence-electron chi connectivity index (χ4n) is 4.93. The second kappa shape index (κ2) is 12.8. The fourth-order valence-corrected chi connectivity index (χ4v) is 5.78. The molecule has 2 heterocycles. The van der Waals surface area contributed by atoms with Crippen LogP contribution in [0.15, 0.2) is 72.0 Å². The molecule has 0 bridgehead atoms. The van der Waals surface area contributed by atoms with Gasteiger partial charge in [0.1, 0.15) is 12.1 Å². The molecule has 1 saturated heterocycles. The van der Waals surface area contributed by atoms with Gasteiger partial charge in [0.2, 0.25) is 5.91 Å². The molecule has 230 valence electrons. The van der Waals surface area contributed by atoms with E-state index in [9.17, 15) is 28.0 Å². The van der Waals surface area contributed by atoms with E-state index in [1.807, 2.05) is 32.9 Å². The van der Waals surface area contributed by atoms with Crippen molar-refractivity contribution >= 4 is 34.6 Å². The Morgan fingerprint density at radius 3 is 2.40 bits per heavy atom. The molecule has 0 aliphatic carbocycles. The number of hydrogen-bond acceptors (Lipinski definition) is 7. The maximum absolute atomic E-state index is 12.8. The first-order valence-electron chi connectivity index (χ1n) is 13.6. The molecular weight excluding hydrogens is 607 g/mol. The van der Waals surface area contributed by atoms with Gasteiger partial charge >= 0.3 is 12.4 Å². The summed E-state index contributed by atoms with van der Waals surface area (Å²) in [5, 5.41) is 17.1. The summed E-state index contributed by atoms with van der Waals surface area (Å²) in [7, 11) is 0. The number of alkyl halides is 3. The lowest BCUT2D eigenvalue weighted by Crippen LogP contribution is -2.33. The number of aromatic nitrogens is 3. The van der Waals surface area contributed by atoms with Crippen LogP contribution in [0, 0.1) is 32.1 Å². The lowest BCUT2D eigenvalue weighted by molar-refractivity contribution is -0.274. The van der Waals surface area contributed by atoms with Crippen LogP contribution in [0.2, 0.25) is 0 Å². The highest BCUT2D eigenvalue weighted by atomic mass is 32.2. The molecule has 1 aliphatic rings. The first-order chi connectivity index (χ1) is 21.4. The van der Waals surface area contributed by atoms with Gasteiger partial charge in [-0.25, -0.2) is 14.5 Å². The number of amides is 3. The molecule has 0 saturated carbocycles. The van der Waals surface area contributed by atoms with Crippen LogP contribution >= 0.6 is 11.8 Å². The summed E-state index contributed by atoms with van der Waals surface area (Å²) in [4.78, 5) is 35.4. The molecule has 4 aromatic rings. The van der Waals surface area contributed by atoms with Crippen LogP contribution < -0.4 is 15.0 Å². The molecule has 1 fully saturated rings. The SMILES string of the molecule is Cc1cc(C)c(N2C(=O)CS/C2=N\C(=O)NCC(C#N)c2ccc(-c3ncn(-c4ccc(OC(F)(F)F)cc4)n3)cc2)c(C)c1. The molecule has 3 aromatic carbocycles. The monoisotopic (exact) mass is 633 g/mol. The van der Waals surface area contributed by atoms with E-state index in [4.69, 9.17) is 0 Å². The summed E-state index contributed by atoms with van der Waals surface area (Å²) in [6.45, 7) is 5.79. The Kier molecular flexibility index (Phi) is 8.92. The first kappa shape index (κ1) is 31.3. The number of rotatable bonds is 7. The van der Waals surface area contributed by atoms with Gasteiger partial charge in [0.05, 0.1) is 29.1 Å². The van der Waals surface area contributed by atoms with Crippen molar-refractivity contribution in [2.75, 3.05) is 17.2 Å². The summed E-state index contributed by atoms with van der Waals surface area (Å²) in [6.07, 6.45) is -3.35. The van der Waals surface area contributed by atoms with Crippen LogP contribution in [-0.2, 0) is 4.79 Å². The Bertz CT molecular complexity index is 1790. The van der Waals surface area contributed by atoms with Crippen LogP contribution in [0.25, 0.3) is 17.1 Å². The summed E-state index contributed by atoms with van der Waals surface area (Å²) in [5.74, 6) is -0.657. The number of anilines is 1. The van der Waals surface area contributed by atoms with Crippen molar-refractivity contribution in [2.24, 2.45) is 4.99 Å². The predicted molar refractivity (Wildman–Crippen MR) is 163 cm³/mol. The van der Waals surface area contributed by atoms with E-state index < -0.39 is 18.3 Å². The summed E-state index contributed by atoms with van der Waals surface area (Å²) in [5.41, 5.74) is 5.36. The van der Waals surface area contributed by atoms with Gasteiger partial charge < -0.3 is 10.1 Å². The molecule has 10 nitrogen and oxygen atoms in total. The van der Waals surface area contributed by atoms with Crippen molar-refractivity contribution in [3.63, 3.8) is 0 Å². The molecule has 1 N–H and O–H groups in total. The van der Waals surface area contributed by atoms with Gasteiger partial charge in [-0.15, -0.1) is 18.3 Å². The number of nitrogens with one attached hydrogen (secondary N) is 1. The quantitative estimate of drug-likeness (QED) is 0.257. The lowest BCUT2D eigenvalue weighted by atomic mass is 9.99. The molecule has 5 rings (SSSR count). The van der Waals surface area contributed by atoms with Crippen LogP contribution in [-0.4, -0.2) is 50.5 Å². The highest BCUT2D eigenvalue weighted by molar-refractivity contribution is 8.15. The van der Waals surface area contributed by atoms with Crippen molar-refractivity contribution in [2.45, 2.75) is 33.1 Å². The van der Waals surface area contributed by atoms with Crippen LogP contribution in [0.3, 0.4) is 0 Å². The van der Waals surface area contributed by atoms with E-state index in [-0.39, 0.29) is 29.1 Å². The summed E-state index contributed by atoms with van der Waals surface area (Å²) >= 11 is 1.18. The smallest absolute Gasteiger partial charge is 0.406 e. The van der Waals surface area contributed by atoms with Crippen LogP contribution in [0.4, 0.5) is 23.7 Å². The van der Waals surface area contributed by atoms with E-state index >= 15 is 0 Å². The Morgan fingerprint density at radius 2 is 1.78 bits per heavy atom. The van der Waals surface area contributed by atoms with Crippen molar-refractivity contribution in [3.8, 4) is 28.9 Å². The third-order valence-electron chi connectivity index (χ3n) is 6.83. The minimum Gasteiger partial charge on any atom is -0.406 e. The standard InChI is InChI=1S/C31H26F3N7O3S/c1-18-12-19(2)27(20(3)13-18)41-26(42)16-45-30(41)38-29(43)36-15-23(14-35)21-4-6-22(7-5-21)28-37-17-40(39-28)24-8-10-25(11-9-24)44-31(32,33)34/h4-13,17,23H,15-16H2,1-3H3,(H,36,43)/b38-30-. The van der Waals surface area contributed by atoms with E-state index in [2.05, 4.69) is 31.2 Å². The Hall–Kier alpha value is -5.16. The number of thioether (sulfide) groups is 1. The number of amidine groups is 1. The van der Waals surface area contributed by atoms with Gasteiger partial charge in [-0.3, -0.25) is 9.69 Å². The van der Waals surface area contributed by atoms with Gasteiger partial charge in [0.15, 0.2) is 11.0 Å². The average molecular weight is 634 g/mol. The normalized spacial score (nSPS) is 14.8. The molecular formula is C31H26F3N7O3S. The number of aliphatic imine (C=N–C) groups is 1. The number of benzene rings is 3. The number of ether oxygens (including phenoxy) is 1. The molecule has 1 aliphatic heterocycles. The Labute approximate surface area is 260 Å². The topological polar surface area (TPSA) is 126 Å². The van der Waals surface area contributed by atoms with Gasteiger partial charge in [-0.1, -0.05) is 53.7 Å². The third-order valence-corrected chi connectivity index (χ3v) is 7.76. The number of carbonyl (C=O) groups excluding carboxylic acids is 2. The fraction of sp³-hybridized carbons (Fsp3) is 0.226. The molecule has 14 heteroatoms. The van der Waals surface area contributed by atoms with Crippen LogP contribution in [0.5, 0.6) is 5.75 Å². The third kappa shape index (κ3) is 7.32. The number of aryl methyl sites for hydroxylation is 3. The average Bonchev–Trinajstić information content (AvgIpc) is 3.61. The van der Waals surface area contributed by atoms with Gasteiger partial charge in [0.25, 0.3) is 0 Å². The zero-order valence-electron chi connectivity index (χ0n) is 24.3. The molecule has 1 atom stereocenters. The number of urea groups is 1. The van der Waals surface area contributed by atoms with E-state index in [1.165, 1.54) is 51.9 Å². The van der Waals surface area contributed by atoms with Crippen molar-refractivity contribution in [1.82, 2.24) is 20.1 Å². The highest BCUT2D eigenvalue weighted by Crippen LogP contribution is 2.33. The number of hydrogen-bond donors (Lipinski definition) is 1. The van der Waals surface area contributed by atoms with Crippen molar-refractivity contribution in [3.05, 3.63) is 89.2 Å². The van der Waals surface area contributed by atoms with E-state index in [0.717, 1.165) is 16.7 Å². The Balaban J connectivity index is 1.23. The number of nitriles is 1. The van der Waals surface area contributed by atoms with E-state index in [1.54, 1.807) is 24.3 Å². The zero-order valence-corrected chi connectivity index (χ0v) is 25.1. The second-order valence-electron chi connectivity index (χ2n) is 10.2. The number of nitrogens with zero attached hydrogens (tertiary/aromatic N) is 6. The first-order valence-corrected chi connectivity index (χ1v) is 14.6. The molecule has 1 unspecified atom stereocenters. The Morgan fingerprint density at radius 1 is 1.11 bits per heavy atom. The van der Waals surface area contributed by atoms with Crippen molar-refractivity contribution in [1.29, 1.82) is 5.26 Å². The number of carbonyl (C=O) groups is 2. The molecule has 1 aromatic heterocycles. The maximum Gasteiger partial charge on any atom is 0.573 e. The minimum atomic E-state index is -4.78. The van der Waals surface area contributed by atoms with Gasteiger partial charge in [-0.05, 0) is 61.7 Å². The zero-order chi connectivity index (χ0) is 32.3. The summed E-state index contributed by atoms with van der Waals surface area (Å²) < 4.78 is 42.5. The summed E-state index contributed by atoms with van der Waals surface area (Å²) in [6, 6.07) is 17.6. The van der Waals surface area contributed by atoms with Gasteiger partial charge in [-0.2, -0.15) is 10.3 Å². The molecule has 0 spiro atoms. The number of halogens is 3. The molecule has 3 amide bonds.